The Labute approximate surface area is 237 Å². The van der Waals surface area contributed by atoms with E-state index in [9.17, 15) is 38.4 Å². The van der Waals surface area contributed by atoms with Gasteiger partial charge in [-0.2, -0.15) is 0 Å². The average molecular weight is 583 g/mol. The normalized spacial score (nSPS) is 15.8. The van der Waals surface area contributed by atoms with Gasteiger partial charge in [-0.05, 0) is 40.5 Å². The number of carbonyl (C=O) groups is 8. The molecule has 2 N–H and O–H groups in total. The second-order valence-electron chi connectivity index (χ2n) is 11.0. The number of amides is 6. The summed E-state index contributed by atoms with van der Waals surface area (Å²) >= 11 is 0. The zero-order valence-electron chi connectivity index (χ0n) is 23.9. The van der Waals surface area contributed by atoms with Crippen molar-refractivity contribution in [3.63, 3.8) is 0 Å². The minimum absolute atomic E-state index is 0.0106. The SMILES string of the molecule is CC(C)(CCOC(C)(C)CCNC(=O)CCC(=O)ON1C(=O)CCC1=O)NC(=O)CCC(=O)ON1C(=O)CCC1=O. The van der Waals surface area contributed by atoms with E-state index in [1.807, 2.05) is 13.8 Å². The smallest absolute Gasteiger partial charge is 0.333 e. The number of carbonyl (C=O) groups excluding carboxylic acids is 8. The molecule has 0 radical (unpaired) electrons. The maximum absolute atomic E-state index is 12.3. The molecule has 2 aliphatic heterocycles. The van der Waals surface area contributed by atoms with Crippen molar-refractivity contribution < 1.29 is 52.8 Å². The van der Waals surface area contributed by atoms with Crippen LogP contribution < -0.4 is 10.6 Å². The van der Waals surface area contributed by atoms with Crippen LogP contribution in [0.5, 0.6) is 0 Å². The predicted octanol–water partition coefficient (Wildman–Crippen LogP) is 0.348. The number of ether oxygens (including phenoxy) is 1. The van der Waals surface area contributed by atoms with Gasteiger partial charge in [-0.3, -0.25) is 28.8 Å². The Kier molecular flexibility index (Phi) is 11.9. The zero-order valence-corrected chi connectivity index (χ0v) is 23.9. The third-order valence-electron chi connectivity index (χ3n) is 6.26. The van der Waals surface area contributed by atoms with E-state index in [2.05, 4.69) is 10.6 Å². The summed E-state index contributed by atoms with van der Waals surface area (Å²) in [5, 5.41) is 6.37. The molecular formula is C26H38N4O11. The lowest BCUT2D eigenvalue weighted by Crippen LogP contribution is -2.45. The van der Waals surface area contributed by atoms with Crippen molar-refractivity contribution >= 4 is 47.4 Å². The fraction of sp³-hybridized carbons (Fsp3) is 0.692. The molecule has 2 rings (SSSR count). The van der Waals surface area contributed by atoms with Gasteiger partial charge in [-0.25, -0.2) is 9.59 Å². The third-order valence-corrected chi connectivity index (χ3v) is 6.26. The molecule has 0 unspecified atom stereocenters. The van der Waals surface area contributed by atoms with Crippen LogP contribution in [0, 0.1) is 0 Å². The number of hydrogen-bond donors (Lipinski definition) is 2. The standard InChI is InChI=1S/C26H38N4O11/c1-25(2,28-18(32)6-12-24(38)41-30-21(35)9-10-22(30)36)14-16-39-26(3,4)13-15-27-17(31)5-11-23(37)40-29-19(33)7-8-20(29)34/h5-16H2,1-4H3,(H,27,31)(H,28,32). The van der Waals surface area contributed by atoms with E-state index < -0.39 is 58.5 Å². The van der Waals surface area contributed by atoms with Crippen molar-refractivity contribution in [1.29, 1.82) is 0 Å². The van der Waals surface area contributed by atoms with Gasteiger partial charge >= 0.3 is 11.9 Å². The van der Waals surface area contributed by atoms with Crippen LogP contribution in [-0.4, -0.2) is 81.8 Å². The van der Waals surface area contributed by atoms with Crippen molar-refractivity contribution in [2.24, 2.45) is 0 Å². The van der Waals surface area contributed by atoms with Gasteiger partial charge in [-0.1, -0.05) is 0 Å². The maximum Gasteiger partial charge on any atom is 0.333 e. The Morgan fingerprint density at radius 1 is 0.683 bits per heavy atom. The minimum atomic E-state index is -0.853. The maximum atomic E-state index is 12.3. The molecule has 0 aromatic rings. The molecule has 2 fully saturated rings. The second-order valence-corrected chi connectivity index (χ2v) is 11.0. The first-order chi connectivity index (χ1) is 19.1. The van der Waals surface area contributed by atoms with Crippen molar-refractivity contribution in [3.05, 3.63) is 0 Å². The Balaban J connectivity index is 1.59. The fourth-order valence-corrected chi connectivity index (χ4v) is 3.79. The highest BCUT2D eigenvalue weighted by Crippen LogP contribution is 2.18. The van der Waals surface area contributed by atoms with Crippen molar-refractivity contribution in [3.8, 4) is 0 Å². The highest BCUT2D eigenvalue weighted by Gasteiger charge is 2.34. The molecule has 0 aliphatic carbocycles. The Bertz CT molecular complexity index is 1040. The summed E-state index contributed by atoms with van der Waals surface area (Å²) in [5.41, 5.74) is -1.28. The molecule has 2 heterocycles. The number of imide groups is 2. The van der Waals surface area contributed by atoms with E-state index in [1.54, 1.807) is 13.8 Å². The predicted molar refractivity (Wildman–Crippen MR) is 137 cm³/mol. The third kappa shape index (κ3) is 11.6. The van der Waals surface area contributed by atoms with Gasteiger partial charge in [0.25, 0.3) is 23.6 Å². The van der Waals surface area contributed by atoms with Gasteiger partial charge < -0.3 is 25.0 Å². The molecule has 0 saturated carbocycles. The molecule has 0 aromatic heterocycles. The fourth-order valence-electron chi connectivity index (χ4n) is 3.79. The number of rotatable bonds is 16. The molecule has 0 atom stereocenters. The summed E-state index contributed by atoms with van der Waals surface area (Å²) in [6, 6.07) is 0. The molecule has 0 aromatic carbocycles. The molecule has 6 amide bonds. The molecule has 0 bridgehead atoms. The van der Waals surface area contributed by atoms with Crippen LogP contribution in [0.4, 0.5) is 0 Å². The molecule has 228 valence electrons. The van der Waals surface area contributed by atoms with Crippen molar-refractivity contribution in [2.45, 2.75) is 103 Å². The number of hydroxylamine groups is 4. The summed E-state index contributed by atoms with van der Waals surface area (Å²) in [6.45, 7) is 7.83. The van der Waals surface area contributed by atoms with Crippen LogP contribution in [0.15, 0.2) is 0 Å². The van der Waals surface area contributed by atoms with Gasteiger partial charge in [0.1, 0.15) is 0 Å². The highest BCUT2D eigenvalue weighted by atomic mass is 16.7. The monoisotopic (exact) mass is 582 g/mol. The largest absolute Gasteiger partial charge is 0.375 e. The number of nitrogens with zero attached hydrogens (tertiary/aromatic N) is 2. The zero-order chi connectivity index (χ0) is 30.8. The highest BCUT2D eigenvalue weighted by molar-refractivity contribution is 6.02. The first kappa shape index (κ1) is 33.3. The topological polar surface area (TPSA) is 195 Å². The van der Waals surface area contributed by atoms with Gasteiger partial charge in [-0.15, -0.1) is 10.1 Å². The summed E-state index contributed by atoms with van der Waals surface area (Å²) in [7, 11) is 0. The lowest BCUT2D eigenvalue weighted by Gasteiger charge is -2.30. The summed E-state index contributed by atoms with van der Waals surface area (Å²) < 4.78 is 5.92. The van der Waals surface area contributed by atoms with E-state index in [0.717, 1.165) is 0 Å². The average Bonchev–Trinajstić information content (AvgIpc) is 3.35. The van der Waals surface area contributed by atoms with Crippen LogP contribution in [0.2, 0.25) is 0 Å². The van der Waals surface area contributed by atoms with E-state index in [0.29, 0.717) is 23.0 Å². The Morgan fingerprint density at radius 2 is 1.12 bits per heavy atom. The second kappa shape index (κ2) is 14.7. The Hall–Kier alpha value is -3.88. The van der Waals surface area contributed by atoms with Crippen LogP contribution >= 0.6 is 0 Å². The number of hydrogen-bond acceptors (Lipinski definition) is 11. The van der Waals surface area contributed by atoms with E-state index in [1.165, 1.54) is 0 Å². The van der Waals surface area contributed by atoms with E-state index >= 15 is 0 Å². The molecule has 15 heteroatoms. The van der Waals surface area contributed by atoms with Crippen LogP contribution in [0.25, 0.3) is 0 Å². The lowest BCUT2D eigenvalue weighted by molar-refractivity contribution is -0.197. The van der Waals surface area contributed by atoms with E-state index in [-0.39, 0.29) is 64.5 Å². The molecule has 15 nitrogen and oxygen atoms in total. The van der Waals surface area contributed by atoms with Crippen LogP contribution in [-0.2, 0) is 52.8 Å². The van der Waals surface area contributed by atoms with Crippen LogP contribution in [0.3, 0.4) is 0 Å². The summed E-state index contributed by atoms with van der Waals surface area (Å²) in [5.74, 6) is -4.86. The summed E-state index contributed by atoms with van der Waals surface area (Å²) in [4.78, 5) is 103. The van der Waals surface area contributed by atoms with Crippen molar-refractivity contribution in [1.82, 2.24) is 20.8 Å². The van der Waals surface area contributed by atoms with E-state index in [4.69, 9.17) is 14.4 Å². The molecule has 0 spiro atoms. The first-order valence-corrected chi connectivity index (χ1v) is 13.4. The first-order valence-electron chi connectivity index (χ1n) is 13.4. The van der Waals surface area contributed by atoms with Gasteiger partial charge in [0.2, 0.25) is 11.8 Å². The molecular weight excluding hydrogens is 544 g/mol. The van der Waals surface area contributed by atoms with Gasteiger partial charge in [0.15, 0.2) is 0 Å². The minimum Gasteiger partial charge on any atom is -0.375 e. The van der Waals surface area contributed by atoms with Crippen LogP contribution in [0.1, 0.15) is 91.9 Å². The quantitative estimate of drug-likeness (QED) is 0.238. The molecule has 2 saturated heterocycles. The van der Waals surface area contributed by atoms with Gasteiger partial charge in [0.05, 0.1) is 18.4 Å². The lowest BCUT2D eigenvalue weighted by atomic mass is 10.00. The molecule has 41 heavy (non-hydrogen) atoms. The summed E-state index contributed by atoms with van der Waals surface area (Å²) in [6.07, 6.45) is -0.0889. The van der Waals surface area contributed by atoms with Crippen molar-refractivity contribution in [2.75, 3.05) is 13.2 Å². The number of nitrogens with one attached hydrogen (secondary N) is 2. The molecule has 2 aliphatic rings. The Morgan fingerprint density at radius 3 is 1.59 bits per heavy atom. The van der Waals surface area contributed by atoms with Gasteiger partial charge in [0, 0.05) is 57.2 Å².